The van der Waals surface area contributed by atoms with Gasteiger partial charge in [0.1, 0.15) is 23.1 Å². The molecular weight excluding hydrogens is 430 g/mol. The number of Topliss-reactive ketones (excluding diaryl/α,β-unsaturated/α-hetero) is 1. The van der Waals surface area contributed by atoms with Gasteiger partial charge in [-0.2, -0.15) is 0 Å². The fourth-order valence-corrected chi connectivity index (χ4v) is 4.38. The Kier molecular flexibility index (Phi) is 7.15. The number of esters is 1. The molecule has 3 aromatic rings. The SMILES string of the molecule is CCOC(=O)c1c(NC(=O)c2ccc(COc3c(C)cccc3C)o2)sc(C(C)=O)c1C. The normalized spacial score (nSPS) is 10.7. The highest BCUT2D eigenvalue weighted by molar-refractivity contribution is 7.18. The van der Waals surface area contributed by atoms with Gasteiger partial charge in [0.25, 0.3) is 5.91 Å². The lowest BCUT2D eigenvalue weighted by atomic mass is 10.1. The molecule has 0 aliphatic carbocycles. The maximum atomic E-state index is 12.8. The molecule has 0 saturated carbocycles. The number of hydrogen-bond acceptors (Lipinski definition) is 7. The van der Waals surface area contributed by atoms with E-state index in [1.54, 1.807) is 19.9 Å². The van der Waals surface area contributed by atoms with Gasteiger partial charge in [0.05, 0.1) is 17.0 Å². The first-order valence-corrected chi connectivity index (χ1v) is 10.9. The molecule has 1 amide bonds. The van der Waals surface area contributed by atoms with Gasteiger partial charge in [-0.25, -0.2) is 4.79 Å². The Hall–Kier alpha value is -3.39. The zero-order valence-electron chi connectivity index (χ0n) is 18.7. The number of aryl methyl sites for hydroxylation is 2. The third-order valence-corrected chi connectivity index (χ3v) is 6.13. The number of nitrogens with one attached hydrogen (secondary N) is 1. The van der Waals surface area contributed by atoms with Gasteiger partial charge in [-0.15, -0.1) is 11.3 Å². The van der Waals surface area contributed by atoms with Crippen molar-refractivity contribution in [1.29, 1.82) is 0 Å². The minimum atomic E-state index is -0.591. The number of benzene rings is 1. The van der Waals surface area contributed by atoms with Gasteiger partial charge in [0, 0.05) is 0 Å². The standard InChI is InChI=1S/C24H25NO6S/c1-6-29-24(28)19-15(4)21(16(5)26)32-23(19)25-22(27)18-11-10-17(31-18)12-30-20-13(2)8-7-9-14(20)3/h7-11H,6,12H2,1-5H3,(H,25,27). The highest BCUT2D eigenvalue weighted by Crippen LogP contribution is 2.34. The number of carbonyl (C=O) groups excluding carboxylic acids is 3. The monoisotopic (exact) mass is 455 g/mol. The molecule has 8 heteroatoms. The quantitative estimate of drug-likeness (QED) is 0.357. The minimum absolute atomic E-state index is 0.0651. The molecule has 0 fully saturated rings. The first-order chi connectivity index (χ1) is 15.2. The summed E-state index contributed by atoms with van der Waals surface area (Å²) in [6.45, 7) is 9.03. The summed E-state index contributed by atoms with van der Waals surface area (Å²) < 4.78 is 16.6. The van der Waals surface area contributed by atoms with Gasteiger partial charge < -0.3 is 19.2 Å². The highest BCUT2D eigenvalue weighted by Gasteiger charge is 2.26. The molecule has 0 atom stereocenters. The van der Waals surface area contributed by atoms with Gasteiger partial charge in [-0.05, 0) is 63.4 Å². The van der Waals surface area contributed by atoms with Crippen molar-refractivity contribution in [2.24, 2.45) is 0 Å². The van der Waals surface area contributed by atoms with Crippen LogP contribution in [0, 0.1) is 20.8 Å². The average molecular weight is 456 g/mol. The van der Waals surface area contributed by atoms with E-state index in [9.17, 15) is 14.4 Å². The van der Waals surface area contributed by atoms with Gasteiger partial charge in [-0.1, -0.05) is 18.2 Å². The molecule has 0 radical (unpaired) electrons. The number of rotatable bonds is 8. The third-order valence-electron chi connectivity index (χ3n) is 4.83. The van der Waals surface area contributed by atoms with Crippen molar-refractivity contribution >= 4 is 34.0 Å². The molecule has 2 heterocycles. The Labute approximate surface area is 190 Å². The van der Waals surface area contributed by atoms with Gasteiger partial charge in [0.15, 0.2) is 11.5 Å². The Balaban J connectivity index is 1.77. The number of hydrogen-bond donors (Lipinski definition) is 1. The number of carbonyl (C=O) groups is 3. The van der Waals surface area contributed by atoms with Crippen molar-refractivity contribution < 1.29 is 28.3 Å². The van der Waals surface area contributed by atoms with Crippen LogP contribution >= 0.6 is 11.3 Å². The molecule has 1 N–H and O–H groups in total. The summed E-state index contributed by atoms with van der Waals surface area (Å²) >= 11 is 1.04. The molecule has 168 valence electrons. The second-order valence-corrected chi connectivity index (χ2v) is 8.29. The number of furan rings is 1. The zero-order chi connectivity index (χ0) is 23.4. The van der Waals surface area contributed by atoms with E-state index in [-0.39, 0.29) is 35.3 Å². The van der Waals surface area contributed by atoms with Crippen LogP contribution in [0.25, 0.3) is 0 Å². The van der Waals surface area contributed by atoms with Crippen LogP contribution in [0.3, 0.4) is 0 Å². The second-order valence-electron chi connectivity index (χ2n) is 7.27. The molecule has 0 aliphatic rings. The fourth-order valence-electron chi connectivity index (χ4n) is 3.30. The Morgan fingerprint density at radius 3 is 2.38 bits per heavy atom. The summed E-state index contributed by atoms with van der Waals surface area (Å²) in [6, 6.07) is 9.08. The van der Waals surface area contributed by atoms with Crippen LogP contribution in [-0.4, -0.2) is 24.3 Å². The third kappa shape index (κ3) is 4.91. The maximum absolute atomic E-state index is 12.8. The zero-order valence-corrected chi connectivity index (χ0v) is 19.5. The Morgan fingerprint density at radius 1 is 1.06 bits per heavy atom. The van der Waals surface area contributed by atoms with E-state index in [1.807, 2.05) is 32.0 Å². The van der Waals surface area contributed by atoms with Gasteiger partial charge >= 0.3 is 5.97 Å². The lowest BCUT2D eigenvalue weighted by Gasteiger charge is -2.10. The number of ether oxygens (including phenoxy) is 2. The van der Waals surface area contributed by atoms with E-state index >= 15 is 0 Å². The van der Waals surface area contributed by atoms with E-state index in [1.165, 1.54) is 13.0 Å². The van der Waals surface area contributed by atoms with Gasteiger partial charge in [-0.3, -0.25) is 9.59 Å². The van der Waals surface area contributed by atoms with E-state index in [2.05, 4.69) is 5.32 Å². The summed E-state index contributed by atoms with van der Waals surface area (Å²) in [5, 5.41) is 2.93. The van der Waals surface area contributed by atoms with Crippen LogP contribution in [0.4, 0.5) is 5.00 Å². The molecule has 0 aliphatic heterocycles. The van der Waals surface area contributed by atoms with Crippen molar-refractivity contribution in [2.45, 2.75) is 41.2 Å². The number of amides is 1. The molecule has 0 spiro atoms. The molecule has 7 nitrogen and oxygen atoms in total. The molecule has 2 aromatic heterocycles. The van der Waals surface area contributed by atoms with Crippen molar-refractivity contribution in [2.75, 3.05) is 11.9 Å². The van der Waals surface area contributed by atoms with Crippen LogP contribution < -0.4 is 10.1 Å². The van der Waals surface area contributed by atoms with Crippen LogP contribution in [0.2, 0.25) is 0 Å². The van der Waals surface area contributed by atoms with E-state index in [0.29, 0.717) is 16.2 Å². The summed E-state index contributed by atoms with van der Waals surface area (Å²) in [4.78, 5) is 37.5. The lowest BCUT2D eigenvalue weighted by Crippen LogP contribution is -2.14. The minimum Gasteiger partial charge on any atom is -0.485 e. The van der Waals surface area contributed by atoms with E-state index in [4.69, 9.17) is 13.9 Å². The summed E-state index contributed by atoms with van der Waals surface area (Å²) in [5.41, 5.74) is 2.68. The van der Waals surface area contributed by atoms with Crippen molar-refractivity contribution in [3.05, 3.63) is 69.0 Å². The van der Waals surface area contributed by atoms with Crippen molar-refractivity contribution in [3.63, 3.8) is 0 Å². The second kappa shape index (κ2) is 9.82. The summed E-state index contributed by atoms with van der Waals surface area (Å²) in [5.74, 6) is 0.00392. The highest BCUT2D eigenvalue weighted by atomic mass is 32.1. The molecule has 0 saturated heterocycles. The van der Waals surface area contributed by atoms with Crippen LogP contribution in [0.1, 0.15) is 66.9 Å². The van der Waals surface area contributed by atoms with Gasteiger partial charge in [0.2, 0.25) is 0 Å². The van der Waals surface area contributed by atoms with Crippen LogP contribution in [0.5, 0.6) is 5.75 Å². The predicted octanol–water partition coefficient (Wildman–Crippen LogP) is 5.48. The fraction of sp³-hybridized carbons (Fsp3) is 0.292. The topological polar surface area (TPSA) is 94.8 Å². The van der Waals surface area contributed by atoms with E-state index in [0.717, 1.165) is 28.2 Å². The predicted molar refractivity (Wildman–Crippen MR) is 122 cm³/mol. The maximum Gasteiger partial charge on any atom is 0.341 e. The number of thiophene rings is 1. The Bertz CT molecular complexity index is 1150. The molecule has 32 heavy (non-hydrogen) atoms. The van der Waals surface area contributed by atoms with Crippen LogP contribution in [-0.2, 0) is 11.3 Å². The first-order valence-electron chi connectivity index (χ1n) is 10.1. The molecule has 0 unspecified atom stereocenters. The van der Waals surface area contributed by atoms with Crippen molar-refractivity contribution in [3.8, 4) is 5.75 Å². The van der Waals surface area contributed by atoms with Crippen LogP contribution in [0.15, 0.2) is 34.7 Å². The molecular formula is C24H25NO6S. The molecule has 0 bridgehead atoms. The largest absolute Gasteiger partial charge is 0.485 e. The number of anilines is 1. The number of para-hydroxylation sites is 1. The van der Waals surface area contributed by atoms with Crippen molar-refractivity contribution in [1.82, 2.24) is 0 Å². The Morgan fingerprint density at radius 2 is 1.75 bits per heavy atom. The summed E-state index contributed by atoms with van der Waals surface area (Å²) in [7, 11) is 0. The number of ketones is 1. The lowest BCUT2D eigenvalue weighted by molar-refractivity contribution is 0.0527. The van der Waals surface area contributed by atoms with E-state index < -0.39 is 11.9 Å². The smallest absolute Gasteiger partial charge is 0.341 e. The summed E-state index contributed by atoms with van der Waals surface area (Å²) in [6.07, 6.45) is 0. The first kappa shape index (κ1) is 23.3. The molecule has 1 aromatic carbocycles. The molecule has 3 rings (SSSR count). The average Bonchev–Trinajstić information content (AvgIpc) is 3.32.